The molecule has 8 heteroatoms. The third kappa shape index (κ3) is 3.96. The van der Waals surface area contributed by atoms with Gasteiger partial charge in [0.1, 0.15) is 17.7 Å². The fourth-order valence-corrected chi connectivity index (χ4v) is 4.09. The van der Waals surface area contributed by atoms with Crippen molar-refractivity contribution < 1.29 is 15.1 Å². The molecule has 2 aromatic carbocycles. The Morgan fingerprint density at radius 2 is 1.68 bits per heavy atom. The lowest BCUT2D eigenvalue weighted by atomic mass is 10.1. The minimum Gasteiger partial charge on any atom is -0.508 e. The quantitative estimate of drug-likeness (QED) is 0.251. The summed E-state index contributed by atoms with van der Waals surface area (Å²) < 4.78 is 4.05. The summed E-state index contributed by atoms with van der Waals surface area (Å²) in [4.78, 5) is 14.4. The lowest BCUT2D eigenvalue weighted by Crippen LogP contribution is -2.04. The number of unbranched alkanes of at least 4 members (excludes halogenated alkanes) is 1. The molecule has 160 valence electrons. The van der Waals surface area contributed by atoms with Crippen LogP contribution in [0.3, 0.4) is 0 Å². The summed E-state index contributed by atoms with van der Waals surface area (Å²) in [6, 6.07) is 12.5. The summed E-state index contributed by atoms with van der Waals surface area (Å²) in [5.41, 5.74) is 4.15. The van der Waals surface area contributed by atoms with Crippen LogP contribution in [-0.4, -0.2) is 29.3 Å². The van der Waals surface area contributed by atoms with Crippen LogP contribution in [0.15, 0.2) is 48.7 Å². The predicted molar refractivity (Wildman–Crippen MR) is 118 cm³/mol. The first-order valence-corrected chi connectivity index (χ1v) is 10.1. The lowest BCUT2D eigenvalue weighted by Gasteiger charge is -2.12. The molecule has 0 aliphatic heterocycles. The number of hydrogen-bond donors (Lipinski definition) is 2. The van der Waals surface area contributed by atoms with Gasteiger partial charge in [-0.3, -0.25) is 0 Å². The van der Waals surface area contributed by atoms with Crippen molar-refractivity contribution in [3.63, 3.8) is 0 Å². The topological polar surface area (TPSA) is 106 Å². The molecule has 0 amide bonds. The van der Waals surface area contributed by atoms with Crippen LogP contribution in [-0.2, 0) is 13.1 Å². The SMILES string of the molecule is Cc1c(-c2ccc(O)cc2)n(CCCCn2cc([N+](=O)[O-])nc2C)c2ccc(O)cc12. The van der Waals surface area contributed by atoms with Gasteiger partial charge in [-0.1, -0.05) is 0 Å². The molecule has 0 atom stereocenters. The number of rotatable bonds is 7. The summed E-state index contributed by atoms with van der Waals surface area (Å²) in [6.45, 7) is 5.21. The highest BCUT2D eigenvalue weighted by atomic mass is 16.6. The molecule has 0 spiro atoms. The maximum atomic E-state index is 10.9. The third-order valence-corrected chi connectivity index (χ3v) is 5.62. The molecule has 0 aliphatic rings. The van der Waals surface area contributed by atoms with Crippen molar-refractivity contribution >= 4 is 16.7 Å². The zero-order valence-electron chi connectivity index (χ0n) is 17.4. The van der Waals surface area contributed by atoms with Gasteiger partial charge >= 0.3 is 5.82 Å². The van der Waals surface area contributed by atoms with E-state index in [9.17, 15) is 20.3 Å². The van der Waals surface area contributed by atoms with E-state index in [0.29, 0.717) is 12.4 Å². The van der Waals surface area contributed by atoms with Crippen molar-refractivity contribution in [2.75, 3.05) is 0 Å². The van der Waals surface area contributed by atoms with Gasteiger partial charge in [0, 0.05) is 30.9 Å². The normalized spacial score (nSPS) is 11.3. The van der Waals surface area contributed by atoms with Crippen molar-refractivity contribution in [1.29, 1.82) is 0 Å². The van der Waals surface area contributed by atoms with Crippen molar-refractivity contribution in [2.24, 2.45) is 0 Å². The molecule has 2 N–H and O–H groups in total. The minimum atomic E-state index is -0.475. The van der Waals surface area contributed by atoms with Crippen LogP contribution < -0.4 is 0 Å². The molecule has 0 saturated carbocycles. The number of nitro groups is 1. The molecule has 2 heterocycles. The number of phenols is 2. The van der Waals surface area contributed by atoms with Crippen LogP contribution >= 0.6 is 0 Å². The van der Waals surface area contributed by atoms with Crippen molar-refractivity contribution in [1.82, 2.24) is 14.1 Å². The van der Waals surface area contributed by atoms with Gasteiger partial charge in [-0.15, -0.1) is 0 Å². The van der Waals surface area contributed by atoms with Gasteiger partial charge in [0.25, 0.3) is 0 Å². The van der Waals surface area contributed by atoms with Crippen LogP contribution in [0, 0.1) is 24.0 Å². The van der Waals surface area contributed by atoms with E-state index in [0.717, 1.165) is 47.1 Å². The number of aromatic nitrogens is 3. The van der Waals surface area contributed by atoms with Crippen LogP contribution in [0.1, 0.15) is 24.2 Å². The van der Waals surface area contributed by atoms with Gasteiger partial charge in [-0.05, 0) is 83.3 Å². The number of phenolic OH excluding ortho intramolecular Hbond substituents is 2. The zero-order chi connectivity index (χ0) is 22.1. The Balaban J connectivity index is 1.60. The van der Waals surface area contributed by atoms with Gasteiger partial charge in [0.15, 0.2) is 0 Å². The number of fused-ring (bicyclic) bond motifs is 1. The Kier molecular flexibility index (Phi) is 5.37. The zero-order valence-corrected chi connectivity index (χ0v) is 17.4. The summed E-state index contributed by atoms with van der Waals surface area (Å²) in [6.07, 6.45) is 3.18. The molecule has 31 heavy (non-hydrogen) atoms. The number of benzene rings is 2. The molecule has 0 aliphatic carbocycles. The average Bonchev–Trinajstić information content (AvgIpc) is 3.24. The monoisotopic (exact) mass is 420 g/mol. The summed E-state index contributed by atoms with van der Waals surface area (Å²) >= 11 is 0. The number of hydrogen-bond acceptors (Lipinski definition) is 5. The first-order chi connectivity index (χ1) is 14.8. The largest absolute Gasteiger partial charge is 0.508 e. The van der Waals surface area contributed by atoms with E-state index < -0.39 is 4.92 Å². The second-order valence-electron chi connectivity index (χ2n) is 7.68. The first-order valence-electron chi connectivity index (χ1n) is 10.1. The van der Waals surface area contributed by atoms with E-state index in [2.05, 4.69) is 9.55 Å². The van der Waals surface area contributed by atoms with Crippen LogP contribution in [0.5, 0.6) is 11.5 Å². The smallest absolute Gasteiger partial charge is 0.381 e. The molecule has 2 aromatic heterocycles. The molecular weight excluding hydrogens is 396 g/mol. The number of nitrogens with zero attached hydrogens (tertiary/aromatic N) is 4. The summed E-state index contributed by atoms with van der Waals surface area (Å²) in [5.74, 6) is 0.946. The van der Waals surface area contributed by atoms with E-state index in [4.69, 9.17) is 0 Å². The molecule has 4 rings (SSSR count). The van der Waals surface area contributed by atoms with Crippen molar-refractivity contribution in [3.05, 3.63) is 70.2 Å². The van der Waals surface area contributed by atoms with Gasteiger partial charge in [0.05, 0.1) is 5.69 Å². The van der Waals surface area contributed by atoms with Gasteiger partial charge < -0.3 is 29.5 Å². The van der Waals surface area contributed by atoms with Crippen LogP contribution in [0.4, 0.5) is 5.82 Å². The average molecular weight is 420 g/mol. The third-order valence-electron chi connectivity index (χ3n) is 5.62. The van der Waals surface area contributed by atoms with E-state index in [-0.39, 0.29) is 17.3 Å². The molecular formula is C23H24N4O4. The lowest BCUT2D eigenvalue weighted by molar-refractivity contribution is -0.389. The molecule has 0 fully saturated rings. The number of aromatic hydroxyl groups is 2. The van der Waals surface area contributed by atoms with E-state index in [1.165, 1.54) is 6.20 Å². The van der Waals surface area contributed by atoms with Crippen LogP contribution in [0.2, 0.25) is 0 Å². The first kappa shape index (κ1) is 20.5. The summed E-state index contributed by atoms with van der Waals surface area (Å²) in [7, 11) is 0. The van der Waals surface area contributed by atoms with E-state index in [1.54, 1.807) is 31.2 Å². The molecule has 4 aromatic rings. The second kappa shape index (κ2) is 8.14. The maximum absolute atomic E-state index is 10.9. The van der Waals surface area contributed by atoms with Gasteiger partial charge in [0.2, 0.25) is 5.82 Å². The predicted octanol–water partition coefficient (Wildman–Crippen LogP) is 4.92. The Morgan fingerprint density at radius 1 is 1.00 bits per heavy atom. The van der Waals surface area contributed by atoms with Gasteiger partial charge in [-0.25, -0.2) is 0 Å². The van der Waals surface area contributed by atoms with E-state index in [1.807, 2.05) is 29.7 Å². The number of aryl methyl sites for hydroxylation is 4. The minimum absolute atomic E-state index is 0.126. The second-order valence-corrected chi connectivity index (χ2v) is 7.68. The number of imidazole rings is 1. The standard InChI is InChI=1S/C23H24N4O4/c1-15-20-13-19(29)9-10-21(20)26(23(15)17-5-7-18(28)8-6-17)12-4-3-11-25-14-22(27(30)31)24-16(25)2/h5-10,13-14,28-29H,3-4,11-12H2,1-2H3. The maximum Gasteiger partial charge on any atom is 0.381 e. The highest BCUT2D eigenvalue weighted by Gasteiger charge is 2.17. The Hall–Kier alpha value is -3.81. The highest BCUT2D eigenvalue weighted by Crippen LogP contribution is 2.35. The van der Waals surface area contributed by atoms with Gasteiger partial charge in [-0.2, -0.15) is 0 Å². The Morgan fingerprint density at radius 3 is 2.35 bits per heavy atom. The Labute approximate surface area is 179 Å². The molecule has 0 saturated heterocycles. The Bertz CT molecular complexity index is 1260. The van der Waals surface area contributed by atoms with Crippen molar-refractivity contribution in [3.8, 4) is 22.8 Å². The molecule has 0 bridgehead atoms. The highest BCUT2D eigenvalue weighted by molar-refractivity contribution is 5.92. The van der Waals surface area contributed by atoms with Crippen LogP contribution in [0.25, 0.3) is 22.2 Å². The fraction of sp³-hybridized carbons (Fsp3) is 0.261. The summed E-state index contributed by atoms with van der Waals surface area (Å²) in [5, 5.41) is 31.5. The van der Waals surface area contributed by atoms with E-state index >= 15 is 0 Å². The van der Waals surface area contributed by atoms with Crippen molar-refractivity contribution in [2.45, 2.75) is 39.8 Å². The molecule has 0 unspecified atom stereocenters. The molecule has 0 radical (unpaired) electrons. The fourth-order valence-electron chi connectivity index (χ4n) is 4.09. The molecule has 8 nitrogen and oxygen atoms in total.